The Kier molecular flexibility index (Phi) is 3.16. The Bertz CT molecular complexity index is 93.3. The predicted octanol–water partition coefficient (Wildman–Crippen LogP) is 1.33. The van der Waals surface area contributed by atoms with Crippen molar-refractivity contribution in [1.29, 1.82) is 0 Å². The second-order valence-electron chi connectivity index (χ2n) is 2.91. The second kappa shape index (κ2) is 3.94. The van der Waals surface area contributed by atoms with Gasteiger partial charge in [0.1, 0.15) is 0 Å². The van der Waals surface area contributed by atoms with Crippen LogP contribution in [0.25, 0.3) is 0 Å². The van der Waals surface area contributed by atoms with E-state index in [1.807, 2.05) is 0 Å². The Morgan fingerprint density at radius 1 is 1.60 bits per heavy atom. The molecule has 0 amide bonds. The zero-order valence-corrected chi connectivity index (χ0v) is 6.55. The van der Waals surface area contributed by atoms with Gasteiger partial charge in [-0.3, -0.25) is 0 Å². The minimum Gasteiger partial charge on any atom is -0.390 e. The molecule has 0 bridgehead atoms. The summed E-state index contributed by atoms with van der Waals surface area (Å²) < 4.78 is 5.32. The van der Waals surface area contributed by atoms with Crippen LogP contribution in [-0.2, 0) is 4.74 Å². The molecular weight excluding hydrogens is 128 g/mol. The lowest BCUT2D eigenvalue weighted by Crippen LogP contribution is -2.20. The zero-order valence-electron chi connectivity index (χ0n) is 6.55. The van der Waals surface area contributed by atoms with Crippen molar-refractivity contribution >= 4 is 0 Å². The topological polar surface area (TPSA) is 29.5 Å². The fourth-order valence-electron chi connectivity index (χ4n) is 1.32. The Morgan fingerprint density at radius 3 is 2.90 bits per heavy atom. The highest BCUT2D eigenvalue weighted by atomic mass is 16.5. The highest BCUT2D eigenvalue weighted by molar-refractivity contribution is 4.74. The Labute approximate surface area is 62.2 Å². The van der Waals surface area contributed by atoms with Gasteiger partial charge in [0.05, 0.1) is 12.2 Å². The molecule has 0 spiro atoms. The first-order valence-corrected chi connectivity index (χ1v) is 4.14. The van der Waals surface area contributed by atoms with E-state index in [0.29, 0.717) is 0 Å². The SMILES string of the molecule is CCCC[C@@H]1OCC[C@@H]1O. The monoisotopic (exact) mass is 144 g/mol. The molecule has 1 saturated heterocycles. The van der Waals surface area contributed by atoms with E-state index in [-0.39, 0.29) is 12.2 Å². The van der Waals surface area contributed by atoms with Crippen molar-refractivity contribution in [2.24, 2.45) is 0 Å². The normalized spacial score (nSPS) is 33.0. The van der Waals surface area contributed by atoms with Crippen LogP contribution in [0.3, 0.4) is 0 Å². The van der Waals surface area contributed by atoms with Crippen molar-refractivity contribution < 1.29 is 9.84 Å². The standard InChI is InChI=1S/C8H16O2/c1-2-3-4-8-7(9)5-6-10-8/h7-9H,2-6H2,1H3/t7-,8-/m0/s1. The van der Waals surface area contributed by atoms with Crippen molar-refractivity contribution in [2.45, 2.75) is 44.8 Å². The average molecular weight is 144 g/mol. The van der Waals surface area contributed by atoms with Gasteiger partial charge >= 0.3 is 0 Å². The van der Waals surface area contributed by atoms with E-state index in [1.54, 1.807) is 0 Å². The molecule has 1 rings (SSSR count). The summed E-state index contributed by atoms with van der Waals surface area (Å²) in [5.41, 5.74) is 0. The van der Waals surface area contributed by atoms with E-state index in [4.69, 9.17) is 4.74 Å². The minimum atomic E-state index is -0.188. The number of unbranched alkanes of at least 4 members (excludes halogenated alkanes) is 1. The summed E-state index contributed by atoms with van der Waals surface area (Å²) in [4.78, 5) is 0. The molecule has 1 heterocycles. The molecule has 0 saturated carbocycles. The van der Waals surface area contributed by atoms with Gasteiger partial charge in [-0.1, -0.05) is 19.8 Å². The van der Waals surface area contributed by atoms with E-state index >= 15 is 0 Å². The van der Waals surface area contributed by atoms with Gasteiger partial charge in [-0.2, -0.15) is 0 Å². The summed E-state index contributed by atoms with van der Waals surface area (Å²) >= 11 is 0. The highest BCUT2D eigenvalue weighted by Crippen LogP contribution is 2.18. The molecule has 2 nitrogen and oxygen atoms in total. The fraction of sp³-hybridized carbons (Fsp3) is 1.00. The Morgan fingerprint density at radius 2 is 2.40 bits per heavy atom. The van der Waals surface area contributed by atoms with Crippen molar-refractivity contribution in [3.8, 4) is 0 Å². The van der Waals surface area contributed by atoms with E-state index in [9.17, 15) is 5.11 Å². The van der Waals surface area contributed by atoms with Gasteiger partial charge in [-0.05, 0) is 12.8 Å². The van der Waals surface area contributed by atoms with Crippen LogP contribution in [-0.4, -0.2) is 23.9 Å². The maximum Gasteiger partial charge on any atom is 0.0834 e. The van der Waals surface area contributed by atoms with Crippen molar-refractivity contribution in [3.63, 3.8) is 0 Å². The van der Waals surface area contributed by atoms with Gasteiger partial charge < -0.3 is 9.84 Å². The molecule has 1 fully saturated rings. The second-order valence-corrected chi connectivity index (χ2v) is 2.91. The summed E-state index contributed by atoms with van der Waals surface area (Å²) in [7, 11) is 0. The minimum absolute atomic E-state index is 0.139. The third kappa shape index (κ3) is 1.96. The summed E-state index contributed by atoms with van der Waals surface area (Å²) in [5.74, 6) is 0. The highest BCUT2D eigenvalue weighted by Gasteiger charge is 2.24. The predicted molar refractivity (Wildman–Crippen MR) is 39.9 cm³/mol. The molecule has 1 N–H and O–H groups in total. The van der Waals surface area contributed by atoms with Crippen molar-refractivity contribution in [2.75, 3.05) is 6.61 Å². The summed E-state index contributed by atoms with van der Waals surface area (Å²) in [6.07, 6.45) is 4.16. The maximum absolute atomic E-state index is 9.29. The summed E-state index contributed by atoms with van der Waals surface area (Å²) in [6, 6.07) is 0. The number of hydrogen-bond acceptors (Lipinski definition) is 2. The smallest absolute Gasteiger partial charge is 0.0834 e. The molecule has 2 heteroatoms. The van der Waals surface area contributed by atoms with Gasteiger partial charge in [0.2, 0.25) is 0 Å². The third-order valence-corrected chi connectivity index (χ3v) is 2.02. The number of aliphatic hydroxyl groups is 1. The molecule has 0 radical (unpaired) electrons. The molecule has 0 aromatic rings. The zero-order chi connectivity index (χ0) is 7.40. The quantitative estimate of drug-likeness (QED) is 0.647. The Hall–Kier alpha value is -0.0800. The van der Waals surface area contributed by atoms with Crippen LogP contribution < -0.4 is 0 Å². The number of rotatable bonds is 3. The van der Waals surface area contributed by atoms with Crippen LogP contribution in [0.1, 0.15) is 32.6 Å². The molecule has 0 aromatic heterocycles. The van der Waals surface area contributed by atoms with Gasteiger partial charge in [0.25, 0.3) is 0 Å². The molecule has 0 aromatic carbocycles. The molecular formula is C8H16O2. The van der Waals surface area contributed by atoms with Crippen LogP contribution in [0.5, 0.6) is 0 Å². The molecule has 1 aliphatic rings. The van der Waals surface area contributed by atoms with Gasteiger partial charge in [-0.25, -0.2) is 0 Å². The lowest BCUT2D eigenvalue weighted by molar-refractivity contribution is 0.0355. The van der Waals surface area contributed by atoms with Gasteiger partial charge in [0, 0.05) is 6.61 Å². The van der Waals surface area contributed by atoms with Crippen LogP contribution in [0.4, 0.5) is 0 Å². The number of hydrogen-bond donors (Lipinski definition) is 1. The van der Waals surface area contributed by atoms with Gasteiger partial charge in [-0.15, -0.1) is 0 Å². The van der Waals surface area contributed by atoms with E-state index in [0.717, 1.165) is 19.4 Å². The van der Waals surface area contributed by atoms with Crippen LogP contribution >= 0.6 is 0 Å². The largest absolute Gasteiger partial charge is 0.390 e. The molecule has 2 atom stereocenters. The van der Waals surface area contributed by atoms with Crippen LogP contribution in [0.15, 0.2) is 0 Å². The average Bonchev–Trinajstić information content (AvgIpc) is 2.31. The number of ether oxygens (including phenoxy) is 1. The Balaban J connectivity index is 2.14. The lowest BCUT2D eigenvalue weighted by atomic mass is 10.1. The molecule has 0 unspecified atom stereocenters. The summed E-state index contributed by atoms with van der Waals surface area (Å²) in [5, 5.41) is 9.29. The van der Waals surface area contributed by atoms with Crippen LogP contribution in [0.2, 0.25) is 0 Å². The first kappa shape index (κ1) is 8.02. The van der Waals surface area contributed by atoms with Crippen molar-refractivity contribution in [3.05, 3.63) is 0 Å². The molecule has 60 valence electrons. The lowest BCUT2D eigenvalue weighted by Gasteiger charge is -2.11. The molecule has 1 aliphatic heterocycles. The summed E-state index contributed by atoms with van der Waals surface area (Å²) in [6.45, 7) is 2.90. The first-order valence-electron chi connectivity index (χ1n) is 4.14. The van der Waals surface area contributed by atoms with E-state index in [1.165, 1.54) is 12.8 Å². The molecule has 0 aliphatic carbocycles. The van der Waals surface area contributed by atoms with Gasteiger partial charge in [0.15, 0.2) is 0 Å². The van der Waals surface area contributed by atoms with Crippen LogP contribution in [0, 0.1) is 0 Å². The first-order chi connectivity index (χ1) is 4.84. The van der Waals surface area contributed by atoms with E-state index in [2.05, 4.69) is 6.92 Å². The fourth-order valence-corrected chi connectivity index (χ4v) is 1.32. The molecule has 10 heavy (non-hydrogen) atoms. The van der Waals surface area contributed by atoms with E-state index < -0.39 is 0 Å². The van der Waals surface area contributed by atoms with Crippen molar-refractivity contribution in [1.82, 2.24) is 0 Å². The third-order valence-electron chi connectivity index (χ3n) is 2.02. The number of aliphatic hydroxyl groups excluding tert-OH is 1. The maximum atomic E-state index is 9.29.